The molecule has 0 aliphatic heterocycles. The summed E-state index contributed by atoms with van der Waals surface area (Å²) < 4.78 is 5.08. The highest BCUT2D eigenvalue weighted by molar-refractivity contribution is 6.02. The van der Waals surface area contributed by atoms with Crippen LogP contribution in [0.1, 0.15) is 17.3 Å². The van der Waals surface area contributed by atoms with Crippen molar-refractivity contribution in [1.82, 2.24) is 5.32 Å². The van der Waals surface area contributed by atoms with Crippen LogP contribution in [0.15, 0.2) is 66.5 Å². The van der Waals surface area contributed by atoms with Gasteiger partial charge >= 0.3 is 0 Å². The Hall–Kier alpha value is -3.08. The zero-order chi connectivity index (χ0) is 16.7. The van der Waals surface area contributed by atoms with E-state index in [0.29, 0.717) is 5.56 Å². The van der Waals surface area contributed by atoms with Gasteiger partial charge in [-0.15, -0.1) is 0 Å². The maximum atomic E-state index is 12.1. The molecule has 0 atom stereocenters. The minimum atomic E-state index is -0.330. The van der Waals surface area contributed by atoms with Crippen LogP contribution in [0.3, 0.4) is 0 Å². The Morgan fingerprint density at radius 3 is 2.22 bits per heavy atom. The van der Waals surface area contributed by atoms with Crippen LogP contribution >= 0.6 is 0 Å². The summed E-state index contributed by atoms with van der Waals surface area (Å²) in [6.45, 7) is 1.40. The molecule has 0 aliphatic rings. The summed E-state index contributed by atoms with van der Waals surface area (Å²) in [6.07, 6.45) is 1.48. The zero-order valence-corrected chi connectivity index (χ0v) is 13.0. The molecule has 0 radical (unpaired) electrons. The summed E-state index contributed by atoms with van der Waals surface area (Å²) in [7, 11) is 1.59. The number of anilines is 1. The third-order valence-electron chi connectivity index (χ3n) is 3.14. The van der Waals surface area contributed by atoms with Crippen LogP contribution in [0.4, 0.5) is 5.69 Å². The molecule has 5 heteroatoms. The van der Waals surface area contributed by atoms with Gasteiger partial charge in [-0.25, -0.2) is 0 Å². The van der Waals surface area contributed by atoms with Crippen LogP contribution in [-0.4, -0.2) is 18.8 Å². The molecular weight excluding hydrogens is 292 g/mol. The van der Waals surface area contributed by atoms with Crippen molar-refractivity contribution in [3.8, 4) is 5.75 Å². The first kappa shape index (κ1) is 16.3. The molecule has 0 spiro atoms. The van der Waals surface area contributed by atoms with Crippen molar-refractivity contribution in [2.75, 3.05) is 12.4 Å². The van der Waals surface area contributed by atoms with E-state index >= 15 is 0 Å². The summed E-state index contributed by atoms with van der Waals surface area (Å²) >= 11 is 0. The maximum absolute atomic E-state index is 12.1. The molecule has 0 aromatic heterocycles. The summed E-state index contributed by atoms with van der Waals surface area (Å²) in [5, 5.41) is 5.59. The smallest absolute Gasteiger partial charge is 0.255 e. The molecule has 1 amide bonds. The van der Waals surface area contributed by atoms with Gasteiger partial charge in [0.1, 0.15) is 11.4 Å². The quantitative estimate of drug-likeness (QED) is 0.805. The van der Waals surface area contributed by atoms with Crippen molar-refractivity contribution >= 4 is 17.4 Å². The predicted octanol–water partition coefficient (Wildman–Crippen LogP) is 2.97. The van der Waals surface area contributed by atoms with Gasteiger partial charge in [-0.3, -0.25) is 9.59 Å². The minimum Gasteiger partial charge on any atom is -0.497 e. The van der Waals surface area contributed by atoms with Crippen molar-refractivity contribution in [2.24, 2.45) is 0 Å². The van der Waals surface area contributed by atoms with Crippen LogP contribution < -0.4 is 15.4 Å². The standard InChI is InChI=1S/C18H18N2O3/c1-13(21)17(20-18(22)14-6-4-3-5-7-14)12-19-15-8-10-16(23-2)11-9-15/h3-12,19H,1-2H3,(H,20,22)/b17-12-. The second-order valence-electron chi connectivity index (χ2n) is 4.81. The first-order valence-corrected chi connectivity index (χ1v) is 7.08. The molecule has 2 aromatic carbocycles. The number of allylic oxidation sites excluding steroid dienone is 1. The molecule has 0 aliphatic carbocycles. The zero-order valence-electron chi connectivity index (χ0n) is 13.0. The van der Waals surface area contributed by atoms with E-state index in [2.05, 4.69) is 10.6 Å². The highest BCUT2D eigenvalue weighted by Crippen LogP contribution is 2.15. The van der Waals surface area contributed by atoms with Crippen molar-refractivity contribution in [3.05, 3.63) is 72.1 Å². The van der Waals surface area contributed by atoms with E-state index in [9.17, 15) is 9.59 Å². The Morgan fingerprint density at radius 2 is 1.65 bits per heavy atom. The molecule has 0 unspecified atom stereocenters. The average Bonchev–Trinajstić information content (AvgIpc) is 2.59. The lowest BCUT2D eigenvalue weighted by molar-refractivity contribution is -0.113. The minimum absolute atomic E-state index is 0.190. The van der Waals surface area contributed by atoms with Crippen LogP contribution in [0.5, 0.6) is 5.75 Å². The van der Waals surface area contributed by atoms with E-state index in [0.717, 1.165) is 11.4 Å². The van der Waals surface area contributed by atoms with E-state index in [1.165, 1.54) is 13.1 Å². The third-order valence-corrected chi connectivity index (χ3v) is 3.14. The Labute approximate surface area is 135 Å². The van der Waals surface area contributed by atoms with Gasteiger partial charge in [0.15, 0.2) is 5.78 Å². The van der Waals surface area contributed by atoms with Gasteiger partial charge in [-0.05, 0) is 36.4 Å². The fourth-order valence-corrected chi connectivity index (χ4v) is 1.85. The molecule has 2 aromatic rings. The number of rotatable bonds is 6. The molecule has 118 valence electrons. The van der Waals surface area contributed by atoms with E-state index in [1.54, 1.807) is 43.5 Å². The molecule has 5 nitrogen and oxygen atoms in total. The van der Waals surface area contributed by atoms with E-state index in [4.69, 9.17) is 4.74 Å². The summed E-state index contributed by atoms with van der Waals surface area (Å²) in [5.74, 6) is 0.169. The average molecular weight is 310 g/mol. The van der Waals surface area contributed by atoms with E-state index < -0.39 is 0 Å². The lowest BCUT2D eigenvalue weighted by Crippen LogP contribution is -2.27. The third kappa shape index (κ3) is 4.71. The number of hydrogen-bond acceptors (Lipinski definition) is 4. The number of methoxy groups -OCH3 is 1. The van der Waals surface area contributed by atoms with Crippen LogP contribution in [0, 0.1) is 0 Å². The Bertz CT molecular complexity index is 707. The second kappa shape index (κ2) is 7.79. The topological polar surface area (TPSA) is 67.4 Å². The van der Waals surface area contributed by atoms with Gasteiger partial charge in [-0.2, -0.15) is 0 Å². The molecule has 0 heterocycles. The van der Waals surface area contributed by atoms with Crippen molar-refractivity contribution in [2.45, 2.75) is 6.92 Å². The number of carbonyl (C=O) groups is 2. The molecule has 0 fully saturated rings. The first-order chi connectivity index (χ1) is 11.1. The van der Waals surface area contributed by atoms with Crippen molar-refractivity contribution in [3.63, 3.8) is 0 Å². The molecule has 2 N–H and O–H groups in total. The van der Waals surface area contributed by atoms with Gasteiger partial charge in [0.05, 0.1) is 7.11 Å². The second-order valence-corrected chi connectivity index (χ2v) is 4.81. The fraction of sp³-hybridized carbons (Fsp3) is 0.111. The Balaban J connectivity index is 2.08. The van der Waals surface area contributed by atoms with E-state index in [-0.39, 0.29) is 17.4 Å². The Kier molecular flexibility index (Phi) is 5.52. The number of carbonyl (C=O) groups excluding carboxylic acids is 2. The number of amides is 1. The largest absolute Gasteiger partial charge is 0.497 e. The molecule has 2 rings (SSSR count). The highest BCUT2D eigenvalue weighted by atomic mass is 16.5. The number of Topliss-reactive ketones (excluding diaryl/α,β-unsaturated/α-hetero) is 1. The van der Waals surface area contributed by atoms with Crippen LogP contribution in [0.25, 0.3) is 0 Å². The van der Waals surface area contributed by atoms with Crippen molar-refractivity contribution < 1.29 is 14.3 Å². The lowest BCUT2D eigenvalue weighted by atomic mass is 10.2. The fourth-order valence-electron chi connectivity index (χ4n) is 1.85. The number of benzene rings is 2. The maximum Gasteiger partial charge on any atom is 0.255 e. The number of hydrogen-bond donors (Lipinski definition) is 2. The number of ketones is 1. The lowest BCUT2D eigenvalue weighted by Gasteiger charge is -2.09. The predicted molar refractivity (Wildman–Crippen MR) is 89.3 cm³/mol. The van der Waals surface area contributed by atoms with Gasteiger partial charge in [0.25, 0.3) is 5.91 Å². The summed E-state index contributed by atoms with van der Waals surface area (Å²) in [5.41, 5.74) is 1.46. The first-order valence-electron chi connectivity index (χ1n) is 7.08. The van der Waals surface area contributed by atoms with Gasteiger partial charge < -0.3 is 15.4 Å². The van der Waals surface area contributed by atoms with Gasteiger partial charge in [0.2, 0.25) is 0 Å². The summed E-state index contributed by atoms with van der Waals surface area (Å²) in [6, 6.07) is 15.9. The summed E-state index contributed by atoms with van der Waals surface area (Å²) in [4.78, 5) is 23.8. The normalized spacial score (nSPS) is 10.8. The van der Waals surface area contributed by atoms with Crippen LogP contribution in [-0.2, 0) is 4.79 Å². The van der Waals surface area contributed by atoms with E-state index in [1.807, 2.05) is 18.2 Å². The van der Waals surface area contributed by atoms with Gasteiger partial charge in [-0.1, -0.05) is 18.2 Å². The number of nitrogens with one attached hydrogen (secondary N) is 2. The molecule has 0 saturated carbocycles. The molecule has 23 heavy (non-hydrogen) atoms. The SMILES string of the molecule is COc1ccc(N/C=C(\NC(=O)c2ccccc2)C(C)=O)cc1. The monoisotopic (exact) mass is 310 g/mol. The molecular formula is C18H18N2O3. The van der Waals surface area contributed by atoms with Crippen LogP contribution in [0.2, 0.25) is 0 Å². The molecule has 0 saturated heterocycles. The molecule has 0 bridgehead atoms. The Morgan fingerprint density at radius 1 is 1.00 bits per heavy atom. The highest BCUT2D eigenvalue weighted by Gasteiger charge is 2.10. The number of ether oxygens (including phenoxy) is 1. The van der Waals surface area contributed by atoms with Gasteiger partial charge in [0, 0.05) is 24.4 Å². The van der Waals surface area contributed by atoms with Crippen molar-refractivity contribution in [1.29, 1.82) is 0 Å².